The number of phenolic OH excluding ortho intramolecular Hbond substituents is 1. The number of hydrogen-bond donors (Lipinski definition) is 1. The highest BCUT2D eigenvalue weighted by Crippen LogP contribution is 2.59. The molecule has 0 aromatic heterocycles. The van der Waals surface area contributed by atoms with Gasteiger partial charge in [0, 0.05) is 11.8 Å². The van der Waals surface area contributed by atoms with Crippen molar-refractivity contribution < 1.29 is 9.90 Å². The van der Waals surface area contributed by atoms with E-state index < -0.39 is 0 Å². The Bertz CT molecular complexity index is 577. The Labute approximate surface area is 120 Å². The van der Waals surface area contributed by atoms with Gasteiger partial charge in [-0.15, -0.1) is 0 Å². The molecule has 106 valence electrons. The van der Waals surface area contributed by atoms with Crippen LogP contribution in [0.25, 0.3) is 0 Å². The fourth-order valence-electron chi connectivity index (χ4n) is 5.34. The minimum absolute atomic E-state index is 0.0322. The quantitative estimate of drug-likeness (QED) is 0.730. The number of aryl methyl sites for hydroxylation is 1. The van der Waals surface area contributed by atoms with Crippen LogP contribution in [-0.4, -0.2) is 10.9 Å². The number of Topliss-reactive ketones (excluding diaryl/α,β-unsaturated/α-hetero) is 1. The second-order valence-corrected chi connectivity index (χ2v) is 7.22. The molecule has 2 fully saturated rings. The zero-order valence-electron chi connectivity index (χ0n) is 12.1. The summed E-state index contributed by atoms with van der Waals surface area (Å²) in [6, 6.07) is 5.90. The van der Waals surface area contributed by atoms with Gasteiger partial charge in [0.2, 0.25) is 0 Å². The first-order valence-electron chi connectivity index (χ1n) is 7.95. The second-order valence-electron chi connectivity index (χ2n) is 7.22. The summed E-state index contributed by atoms with van der Waals surface area (Å²) in [6.45, 7) is 2.22. The number of rotatable bonds is 0. The highest BCUT2D eigenvalue weighted by molar-refractivity contribution is 5.87. The third-order valence-electron chi connectivity index (χ3n) is 6.42. The smallest absolute Gasteiger partial charge is 0.139 e. The predicted octanol–water partition coefficient (Wildman–Crippen LogP) is 3.82. The lowest BCUT2D eigenvalue weighted by Gasteiger charge is -2.48. The van der Waals surface area contributed by atoms with Gasteiger partial charge in [-0.25, -0.2) is 0 Å². The first kappa shape index (κ1) is 12.4. The zero-order valence-corrected chi connectivity index (χ0v) is 12.1. The molecule has 0 saturated heterocycles. The van der Waals surface area contributed by atoms with Gasteiger partial charge >= 0.3 is 0 Å². The maximum atomic E-state index is 12.3. The van der Waals surface area contributed by atoms with Crippen LogP contribution in [0.15, 0.2) is 18.2 Å². The molecule has 0 unspecified atom stereocenters. The summed E-state index contributed by atoms with van der Waals surface area (Å²) in [5.41, 5.74) is 2.75. The second kappa shape index (κ2) is 4.09. The van der Waals surface area contributed by atoms with E-state index in [9.17, 15) is 9.90 Å². The number of ketones is 1. The monoisotopic (exact) mass is 274 g/mol. The Hall–Kier alpha value is -1.31. The van der Waals surface area contributed by atoms with Crippen LogP contribution >= 0.6 is 0 Å². The van der Waals surface area contributed by atoms with Crippen molar-refractivity contribution in [1.29, 1.82) is 0 Å². The fourth-order valence-corrected chi connectivity index (χ4v) is 5.34. The highest BCUT2D eigenvalue weighted by Gasteiger charge is 2.54. The molecule has 20 heavy (non-hydrogen) atoms. The SMILES string of the molecule is [13CH3][13C@]12CC[C@@H]3c4ccc(O)cc4CC[C@H]3[C@@H]1[13CH2]C[13C]2=O. The van der Waals surface area contributed by atoms with Gasteiger partial charge in [0.25, 0.3) is 0 Å². The molecule has 0 spiro atoms. The summed E-state index contributed by atoms with van der Waals surface area (Å²) < 4.78 is 0. The van der Waals surface area contributed by atoms with E-state index in [4.69, 9.17) is 0 Å². The van der Waals surface area contributed by atoms with Gasteiger partial charge in [0.1, 0.15) is 11.5 Å². The Morgan fingerprint density at radius 3 is 2.90 bits per heavy atom. The highest BCUT2D eigenvalue weighted by atomic mass is 16.3. The molecular formula is C18H22O2. The third kappa shape index (κ3) is 1.54. The van der Waals surface area contributed by atoms with Gasteiger partial charge in [0.05, 0.1) is 0 Å². The van der Waals surface area contributed by atoms with Crippen LogP contribution in [-0.2, 0) is 11.2 Å². The van der Waals surface area contributed by atoms with E-state index in [0.717, 1.165) is 32.1 Å². The molecule has 3 aliphatic carbocycles. The number of aromatic hydroxyl groups is 1. The minimum Gasteiger partial charge on any atom is -0.508 e. The third-order valence-corrected chi connectivity index (χ3v) is 6.42. The van der Waals surface area contributed by atoms with Crippen LogP contribution in [0.1, 0.15) is 56.1 Å². The van der Waals surface area contributed by atoms with Gasteiger partial charge in [-0.1, -0.05) is 13.0 Å². The lowest BCUT2D eigenvalue weighted by atomic mass is 9.67. The average Bonchev–Trinajstić information content (AvgIpc) is 2.74. The summed E-state index contributed by atoms with van der Waals surface area (Å²) in [5.74, 6) is 2.78. The molecule has 0 aliphatic heterocycles. The van der Waals surface area contributed by atoms with E-state index in [1.54, 1.807) is 0 Å². The van der Waals surface area contributed by atoms with E-state index in [0.29, 0.717) is 29.3 Å². The van der Waals surface area contributed by atoms with Gasteiger partial charge in [0.15, 0.2) is 0 Å². The summed E-state index contributed by atoms with van der Waals surface area (Å²) in [7, 11) is 0. The standard InChI is InChI=1S/C18H22O2/c1-18-9-8-14-13-5-3-12(19)10-11(13)2-4-15(14)16(18)6-7-17(18)20/h3,5,10,14-16,19H,2,4,6-9H2,1H3/t14-,15-,16+,18+/m1/s1/i1+1,6+1,17+1,18+1. The lowest BCUT2D eigenvalue weighted by molar-refractivity contribution is -0.129. The van der Waals surface area contributed by atoms with Crippen LogP contribution < -0.4 is 0 Å². The molecule has 2 heteroatoms. The van der Waals surface area contributed by atoms with Crippen LogP contribution in [0.3, 0.4) is 0 Å². The Morgan fingerprint density at radius 2 is 2.05 bits per heavy atom. The molecule has 0 radical (unpaired) electrons. The molecule has 2 nitrogen and oxygen atoms in total. The number of hydrogen-bond acceptors (Lipinski definition) is 2. The predicted molar refractivity (Wildman–Crippen MR) is 77.7 cm³/mol. The summed E-state index contributed by atoms with van der Waals surface area (Å²) >= 11 is 0. The summed E-state index contributed by atoms with van der Waals surface area (Å²) in [6.07, 6.45) is 6.34. The van der Waals surface area contributed by atoms with E-state index in [2.05, 4.69) is 13.0 Å². The van der Waals surface area contributed by atoms with Crippen LogP contribution in [0.2, 0.25) is 0 Å². The number of fused-ring (bicyclic) bond motifs is 5. The number of carbonyl (C=O) groups is 1. The topological polar surface area (TPSA) is 37.3 Å². The number of carbonyl (C=O) groups excluding carboxylic acids is 1. The van der Waals surface area contributed by atoms with E-state index in [1.807, 2.05) is 12.1 Å². The molecule has 0 bridgehead atoms. The van der Waals surface area contributed by atoms with E-state index in [1.165, 1.54) is 17.5 Å². The van der Waals surface area contributed by atoms with Gasteiger partial charge in [-0.05, 0) is 73.1 Å². The van der Waals surface area contributed by atoms with Gasteiger partial charge < -0.3 is 5.11 Å². The van der Waals surface area contributed by atoms with Gasteiger partial charge in [-0.3, -0.25) is 4.79 Å². The molecular weight excluding hydrogens is 252 g/mol. The minimum atomic E-state index is -0.0322. The van der Waals surface area contributed by atoms with Crippen molar-refractivity contribution in [3.63, 3.8) is 0 Å². The van der Waals surface area contributed by atoms with Crippen LogP contribution in [0.4, 0.5) is 0 Å². The van der Waals surface area contributed by atoms with Crippen LogP contribution in [0, 0.1) is 17.3 Å². The zero-order chi connectivity index (χ0) is 13.9. The largest absolute Gasteiger partial charge is 0.508 e. The van der Waals surface area contributed by atoms with Crippen molar-refractivity contribution in [2.75, 3.05) is 0 Å². The van der Waals surface area contributed by atoms with Gasteiger partial charge in [-0.2, -0.15) is 0 Å². The Morgan fingerprint density at radius 1 is 1.20 bits per heavy atom. The molecule has 1 N–H and O–H groups in total. The number of benzene rings is 1. The maximum absolute atomic E-state index is 12.3. The lowest BCUT2D eigenvalue weighted by Crippen LogP contribution is -2.42. The normalized spacial score (nSPS) is 39.0. The first-order valence-corrected chi connectivity index (χ1v) is 7.95. The molecule has 1 aromatic rings. The van der Waals surface area contributed by atoms with Crippen molar-refractivity contribution in [2.24, 2.45) is 17.3 Å². The first-order chi connectivity index (χ1) is 9.59. The molecule has 2 saturated carbocycles. The van der Waals surface area contributed by atoms with Crippen molar-refractivity contribution >= 4 is 5.78 Å². The molecule has 4 atom stereocenters. The van der Waals surface area contributed by atoms with Crippen molar-refractivity contribution in [3.05, 3.63) is 29.3 Å². The molecule has 4 rings (SSSR count). The maximum Gasteiger partial charge on any atom is 0.139 e. The fraction of sp³-hybridized carbons (Fsp3) is 0.611. The van der Waals surface area contributed by atoms with Crippen molar-refractivity contribution in [1.82, 2.24) is 0 Å². The molecule has 0 heterocycles. The summed E-state index contributed by atoms with van der Waals surface area (Å²) in [4.78, 5) is 12.3. The average molecular weight is 274 g/mol. The number of phenols is 1. The van der Waals surface area contributed by atoms with Crippen molar-refractivity contribution in [3.8, 4) is 5.75 Å². The van der Waals surface area contributed by atoms with E-state index in [-0.39, 0.29) is 5.41 Å². The Balaban J connectivity index is 1.73. The molecule has 3 aliphatic rings. The van der Waals surface area contributed by atoms with Crippen LogP contribution in [0.5, 0.6) is 5.75 Å². The Kier molecular flexibility index (Phi) is 2.55. The van der Waals surface area contributed by atoms with E-state index >= 15 is 0 Å². The molecule has 1 aromatic carbocycles. The molecule has 0 amide bonds. The van der Waals surface area contributed by atoms with Crippen molar-refractivity contribution in [2.45, 2.75) is 51.4 Å². The summed E-state index contributed by atoms with van der Waals surface area (Å²) in [5, 5.41) is 9.67.